The quantitative estimate of drug-likeness (QED) is 0.894. The molecule has 0 amide bonds. The maximum Gasteiger partial charge on any atom is 0.219 e. The number of oxazole rings is 1. The summed E-state index contributed by atoms with van der Waals surface area (Å²) in [7, 11) is 0. The number of aliphatic hydroxyl groups is 1. The van der Waals surface area contributed by atoms with Gasteiger partial charge in [0.1, 0.15) is 11.5 Å². The van der Waals surface area contributed by atoms with Gasteiger partial charge in [0.25, 0.3) is 0 Å². The molecule has 1 N–H and O–H groups in total. The molecule has 1 heterocycles. The first-order valence-electron chi connectivity index (χ1n) is 6.04. The molecule has 0 saturated carbocycles. The smallest absolute Gasteiger partial charge is 0.219 e. The summed E-state index contributed by atoms with van der Waals surface area (Å²) in [6.07, 6.45) is 3.76. The van der Waals surface area contributed by atoms with Crippen molar-refractivity contribution in [1.82, 2.24) is 4.98 Å². The van der Waals surface area contributed by atoms with E-state index in [2.05, 4.69) is 4.98 Å². The first-order valence-corrected chi connectivity index (χ1v) is 6.04. The van der Waals surface area contributed by atoms with Gasteiger partial charge in [-0.05, 0) is 11.6 Å². The molecule has 0 aliphatic rings. The van der Waals surface area contributed by atoms with Gasteiger partial charge in [-0.2, -0.15) is 0 Å². The molecule has 0 saturated heterocycles. The van der Waals surface area contributed by atoms with Crippen LogP contribution in [0.5, 0.6) is 0 Å². The maximum atomic E-state index is 9.22. The molecule has 0 spiro atoms. The number of hydrogen-bond donors (Lipinski definition) is 1. The van der Waals surface area contributed by atoms with E-state index in [0.717, 1.165) is 11.3 Å². The Morgan fingerprint density at radius 1 is 1.22 bits per heavy atom. The topological polar surface area (TPSA) is 46.3 Å². The van der Waals surface area contributed by atoms with Gasteiger partial charge in [0.15, 0.2) is 0 Å². The van der Waals surface area contributed by atoms with E-state index in [-0.39, 0.29) is 12.5 Å². The molecule has 1 aromatic heterocycles. The van der Waals surface area contributed by atoms with Crippen LogP contribution in [-0.2, 0) is 6.61 Å². The lowest BCUT2D eigenvalue weighted by Gasteiger charge is -1.99. The third kappa shape index (κ3) is 2.87. The highest BCUT2D eigenvalue weighted by Crippen LogP contribution is 2.21. The maximum absolute atomic E-state index is 9.22. The predicted molar refractivity (Wildman–Crippen MR) is 71.9 cm³/mol. The highest BCUT2D eigenvalue weighted by atomic mass is 16.4. The van der Waals surface area contributed by atoms with Crippen LogP contribution in [0.4, 0.5) is 0 Å². The summed E-state index contributed by atoms with van der Waals surface area (Å²) in [5.41, 5.74) is 1.71. The van der Waals surface area contributed by atoms with Crippen molar-refractivity contribution in [3.05, 3.63) is 53.2 Å². The number of hydrogen-bond acceptors (Lipinski definition) is 3. The number of nitrogens with zero attached hydrogens (tertiary/aromatic N) is 1. The summed E-state index contributed by atoms with van der Waals surface area (Å²) in [6, 6.07) is 9.95. The Kier molecular flexibility index (Phi) is 3.95. The highest BCUT2D eigenvalue weighted by molar-refractivity contribution is 5.65. The minimum atomic E-state index is -0.0871. The third-order valence-electron chi connectivity index (χ3n) is 2.64. The van der Waals surface area contributed by atoms with E-state index in [1.807, 2.05) is 56.3 Å². The van der Waals surface area contributed by atoms with Gasteiger partial charge in [0.05, 0.1) is 6.61 Å². The summed E-state index contributed by atoms with van der Waals surface area (Å²) in [4.78, 5) is 4.26. The van der Waals surface area contributed by atoms with Crippen molar-refractivity contribution in [2.75, 3.05) is 0 Å². The molecule has 2 rings (SSSR count). The van der Waals surface area contributed by atoms with Gasteiger partial charge in [-0.3, -0.25) is 0 Å². The summed E-state index contributed by atoms with van der Waals surface area (Å²) in [5, 5.41) is 9.22. The van der Waals surface area contributed by atoms with Crippen molar-refractivity contribution in [3.63, 3.8) is 0 Å². The van der Waals surface area contributed by atoms with Crippen LogP contribution < -0.4 is 0 Å². The second-order valence-electron chi connectivity index (χ2n) is 4.42. The molecule has 18 heavy (non-hydrogen) atoms. The monoisotopic (exact) mass is 243 g/mol. The molecule has 1 aromatic carbocycles. The van der Waals surface area contributed by atoms with E-state index in [1.165, 1.54) is 0 Å². The fraction of sp³-hybridized carbons (Fsp3) is 0.267. The summed E-state index contributed by atoms with van der Waals surface area (Å²) in [5.74, 6) is 1.51. The van der Waals surface area contributed by atoms with Crippen molar-refractivity contribution >= 4 is 12.2 Å². The van der Waals surface area contributed by atoms with E-state index in [9.17, 15) is 5.11 Å². The van der Waals surface area contributed by atoms with Gasteiger partial charge in [-0.15, -0.1) is 0 Å². The van der Waals surface area contributed by atoms with Crippen molar-refractivity contribution in [2.24, 2.45) is 0 Å². The molecule has 0 unspecified atom stereocenters. The average Bonchev–Trinajstić information content (AvgIpc) is 2.81. The van der Waals surface area contributed by atoms with Crippen LogP contribution >= 0.6 is 0 Å². The van der Waals surface area contributed by atoms with Crippen molar-refractivity contribution < 1.29 is 9.52 Å². The largest absolute Gasteiger partial charge is 0.441 e. The van der Waals surface area contributed by atoms with E-state index in [0.29, 0.717) is 11.6 Å². The van der Waals surface area contributed by atoms with Crippen LogP contribution in [0.15, 0.2) is 34.7 Å². The van der Waals surface area contributed by atoms with Crippen LogP contribution in [-0.4, -0.2) is 10.1 Å². The highest BCUT2D eigenvalue weighted by Gasteiger charge is 2.13. The van der Waals surface area contributed by atoms with Crippen molar-refractivity contribution in [1.29, 1.82) is 0 Å². The van der Waals surface area contributed by atoms with Crippen LogP contribution in [0.2, 0.25) is 0 Å². The van der Waals surface area contributed by atoms with Gasteiger partial charge < -0.3 is 9.52 Å². The molecule has 0 atom stereocenters. The van der Waals surface area contributed by atoms with Crippen molar-refractivity contribution in [3.8, 4) is 0 Å². The lowest BCUT2D eigenvalue weighted by molar-refractivity contribution is 0.273. The number of aromatic nitrogens is 1. The summed E-state index contributed by atoms with van der Waals surface area (Å²) < 4.78 is 5.63. The van der Waals surface area contributed by atoms with Gasteiger partial charge >= 0.3 is 0 Å². The Hall–Kier alpha value is -1.87. The van der Waals surface area contributed by atoms with Gasteiger partial charge in [0.2, 0.25) is 5.89 Å². The molecular weight excluding hydrogens is 226 g/mol. The van der Waals surface area contributed by atoms with Crippen LogP contribution in [0.25, 0.3) is 12.2 Å². The fourth-order valence-electron chi connectivity index (χ4n) is 1.75. The third-order valence-corrected chi connectivity index (χ3v) is 2.64. The average molecular weight is 243 g/mol. The normalized spacial score (nSPS) is 11.6. The Morgan fingerprint density at radius 2 is 1.94 bits per heavy atom. The lowest BCUT2D eigenvalue weighted by atomic mass is 10.1. The van der Waals surface area contributed by atoms with Gasteiger partial charge in [-0.1, -0.05) is 44.2 Å². The van der Waals surface area contributed by atoms with Crippen molar-refractivity contribution in [2.45, 2.75) is 26.4 Å². The van der Waals surface area contributed by atoms with Crippen LogP contribution in [0.1, 0.15) is 42.7 Å². The molecule has 0 aliphatic carbocycles. The number of aliphatic hydroxyl groups excluding tert-OH is 1. The molecule has 0 aliphatic heterocycles. The molecule has 94 valence electrons. The van der Waals surface area contributed by atoms with E-state index >= 15 is 0 Å². The Labute approximate surface area is 107 Å². The number of rotatable bonds is 4. The molecule has 0 fully saturated rings. The molecule has 2 aromatic rings. The molecule has 0 bridgehead atoms. The first kappa shape index (κ1) is 12.6. The van der Waals surface area contributed by atoms with Gasteiger partial charge in [0, 0.05) is 12.0 Å². The summed E-state index contributed by atoms with van der Waals surface area (Å²) in [6.45, 7) is 3.95. The van der Waals surface area contributed by atoms with E-state index in [4.69, 9.17) is 4.42 Å². The molecule has 0 radical (unpaired) electrons. The van der Waals surface area contributed by atoms with Gasteiger partial charge in [-0.25, -0.2) is 4.98 Å². The molecular formula is C15H17NO2. The molecule has 3 nitrogen and oxygen atoms in total. The SMILES string of the molecule is CC(C)c1oc(/C=C/c2ccccc2)nc1CO. The second kappa shape index (κ2) is 5.65. The summed E-state index contributed by atoms with van der Waals surface area (Å²) >= 11 is 0. The Morgan fingerprint density at radius 3 is 2.50 bits per heavy atom. The second-order valence-corrected chi connectivity index (χ2v) is 4.42. The number of benzene rings is 1. The Balaban J connectivity index is 2.22. The zero-order valence-electron chi connectivity index (χ0n) is 10.6. The first-order chi connectivity index (χ1) is 8.70. The van der Waals surface area contributed by atoms with Crippen LogP contribution in [0.3, 0.4) is 0 Å². The Bertz CT molecular complexity index is 527. The zero-order valence-corrected chi connectivity index (χ0v) is 10.6. The van der Waals surface area contributed by atoms with E-state index in [1.54, 1.807) is 0 Å². The minimum Gasteiger partial charge on any atom is -0.441 e. The van der Waals surface area contributed by atoms with E-state index < -0.39 is 0 Å². The minimum absolute atomic E-state index is 0.0871. The predicted octanol–water partition coefficient (Wildman–Crippen LogP) is 3.46. The standard InChI is InChI=1S/C15H17NO2/c1-11(2)15-13(10-17)16-14(18-15)9-8-12-6-4-3-5-7-12/h3-9,11,17H,10H2,1-2H3/b9-8+. The fourth-order valence-corrected chi connectivity index (χ4v) is 1.75. The zero-order chi connectivity index (χ0) is 13.0. The van der Waals surface area contributed by atoms with Crippen LogP contribution in [0, 0.1) is 0 Å². The molecule has 3 heteroatoms. The lowest BCUT2D eigenvalue weighted by Crippen LogP contribution is -1.92.